The molecular formula is C12H15N5O2. The molecule has 100 valence electrons. The van der Waals surface area contributed by atoms with Crippen molar-refractivity contribution in [2.75, 3.05) is 11.1 Å². The average molecular weight is 261 g/mol. The standard InChI is InChI=1S/C12H15N5O2/c1-8(9-3-5-10(13)6-4-9)14-12-11(17(18)19)7-16(2)15-12/h3-8H,13H2,1-2H3,(H,14,15). The van der Waals surface area contributed by atoms with Gasteiger partial charge in [0.25, 0.3) is 0 Å². The van der Waals surface area contributed by atoms with Crippen LogP contribution in [0.25, 0.3) is 0 Å². The van der Waals surface area contributed by atoms with E-state index < -0.39 is 4.92 Å². The third-order valence-corrected chi connectivity index (χ3v) is 2.80. The summed E-state index contributed by atoms with van der Waals surface area (Å²) in [5.41, 5.74) is 7.24. The third-order valence-electron chi connectivity index (χ3n) is 2.80. The van der Waals surface area contributed by atoms with Crippen LogP contribution in [0.15, 0.2) is 30.5 Å². The SMILES string of the molecule is CC(Nc1nn(C)cc1[N+](=O)[O-])c1ccc(N)cc1. The summed E-state index contributed by atoms with van der Waals surface area (Å²) in [6, 6.07) is 7.23. The second kappa shape index (κ2) is 4.97. The molecular weight excluding hydrogens is 246 g/mol. The van der Waals surface area contributed by atoms with Crippen LogP contribution in [-0.4, -0.2) is 14.7 Å². The molecule has 7 nitrogen and oxygen atoms in total. The fourth-order valence-electron chi connectivity index (χ4n) is 1.79. The van der Waals surface area contributed by atoms with Crippen LogP contribution in [0.4, 0.5) is 17.2 Å². The molecule has 1 aromatic heterocycles. The predicted octanol–water partition coefficient (Wildman–Crippen LogP) is 2.08. The van der Waals surface area contributed by atoms with Crippen molar-refractivity contribution in [3.8, 4) is 0 Å². The van der Waals surface area contributed by atoms with Gasteiger partial charge in [-0.25, -0.2) is 0 Å². The van der Waals surface area contributed by atoms with E-state index in [2.05, 4.69) is 10.4 Å². The molecule has 0 spiro atoms. The summed E-state index contributed by atoms with van der Waals surface area (Å²) in [6.45, 7) is 1.91. The van der Waals surface area contributed by atoms with Gasteiger partial charge < -0.3 is 11.1 Å². The fourth-order valence-corrected chi connectivity index (χ4v) is 1.79. The second-order valence-electron chi connectivity index (χ2n) is 4.33. The average Bonchev–Trinajstić information content (AvgIpc) is 2.71. The summed E-state index contributed by atoms with van der Waals surface area (Å²) in [5, 5.41) is 18.0. The molecule has 0 fully saturated rings. The number of aryl methyl sites for hydroxylation is 1. The first kappa shape index (κ1) is 12.9. The van der Waals surface area contributed by atoms with Gasteiger partial charge in [-0.15, -0.1) is 5.10 Å². The van der Waals surface area contributed by atoms with Crippen molar-refractivity contribution in [2.45, 2.75) is 13.0 Å². The van der Waals surface area contributed by atoms with Crippen LogP contribution in [0.3, 0.4) is 0 Å². The van der Waals surface area contributed by atoms with E-state index in [0.717, 1.165) is 5.56 Å². The highest BCUT2D eigenvalue weighted by molar-refractivity contribution is 5.56. The van der Waals surface area contributed by atoms with Crippen LogP contribution in [0.1, 0.15) is 18.5 Å². The maximum atomic E-state index is 10.9. The number of benzene rings is 1. The maximum Gasteiger partial charge on any atom is 0.330 e. The zero-order valence-corrected chi connectivity index (χ0v) is 10.7. The molecule has 0 aliphatic carbocycles. The van der Waals surface area contributed by atoms with E-state index in [1.165, 1.54) is 10.9 Å². The van der Waals surface area contributed by atoms with Gasteiger partial charge in [0.2, 0.25) is 5.82 Å². The topological polar surface area (TPSA) is 99.0 Å². The first-order valence-electron chi connectivity index (χ1n) is 5.77. The molecule has 1 aromatic carbocycles. The Hall–Kier alpha value is -2.57. The number of hydrogen-bond donors (Lipinski definition) is 2. The minimum atomic E-state index is -0.453. The van der Waals surface area contributed by atoms with Gasteiger partial charge in [-0.1, -0.05) is 12.1 Å². The molecule has 0 aliphatic rings. The highest BCUT2D eigenvalue weighted by Gasteiger charge is 2.20. The van der Waals surface area contributed by atoms with E-state index in [1.807, 2.05) is 19.1 Å². The van der Waals surface area contributed by atoms with Crippen LogP contribution in [0.5, 0.6) is 0 Å². The van der Waals surface area contributed by atoms with Gasteiger partial charge in [-0.2, -0.15) is 0 Å². The van der Waals surface area contributed by atoms with Gasteiger partial charge in [0.1, 0.15) is 6.20 Å². The van der Waals surface area contributed by atoms with Gasteiger partial charge >= 0.3 is 5.69 Å². The molecule has 3 N–H and O–H groups in total. The zero-order chi connectivity index (χ0) is 14.0. The van der Waals surface area contributed by atoms with E-state index in [-0.39, 0.29) is 17.5 Å². The van der Waals surface area contributed by atoms with E-state index in [4.69, 9.17) is 5.73 Å². The van der Waals surface area contributed by atoms with Gasteiger partial charge in [0, 0.05) is 12.7 Å². The van der Waals surface area contributed by atoms with Gasteiger partial charge in [0.15, 0.2) is 0 Å². The first-order valence-corrected chi connectivity index (χ1v) is 5.77. The number of nitro groups is 1. The van der Waals surface area contributed by atoms with Gasteiger partial charge in [0.05, 0.1) is 11.0 Å². The number of nitrogens with one attached hydrogen (secondary N) is 1. The Morgan fingerprint density at radius 2 is 2.05 bits per heavy atom. The third kappa shape index (κ3) is 2.82. The quantitative estimate of drug-likeness (QED) is 0.498. The Bertz CT molecular complexity index is 591. The first-order chi connectivity index (χ1) is 8.97. The molecule has 0 aliphatic heterocycles. The molecule has 19 heavy (non-hydrogen) atoms. The highest BCUT2D eigenvalue weighted by atomic mass is 16.6. The summed E-state index contributed by atoms with van der Waals surface area (Å²) >= 11 is 0. The van der Waals surface area contributed by atoms with E-state index in [1.54, 1.807) is 19.2 Å². The smallest absolute Gasteiger partial charge is 0.330 e. The number of anilines is 2. The molecule has 0 amide bonds. The number of aromatic nitrogens is 2. The second-order valence-corrected chi connectivity index (χ2v) is 4.33. The monoisotopic (exact) mass is 261 g/mol. The van der Waals surface area contributed by atoms with E-state index >= 15 is 0 Å². The highest BCUT2D eigenvalue weighted by Crippen LogP contribution is 2.26. The number of nitrogen functional groups attached to an aromatic ring is 1. The molecule has 1 atom stereocenters. The lowest BCUT2D eigenvalue weighted by molar-refractivity contribution is -0.384. The van der Waals surface area contributed by atoms with Crippen molar-refractivity contribution in [1.29, 1.82) is 0 Å². The largest absolute Gasteiger partial charge is 0.399 e. The zero-order valence-electron chi connectivity index (χ0n) is 10.7. The number of nitrogens with zero attached hydrogens (tertiary/aromatic N) is 3. The minimum absolute atomic E-state index is 0.0372. The molecule has 0 radical (unpaired) electrons. The molecule has 1 heterocycles. The number of nitrogens with two attached hydrogens (primary N) is 1. The Labute approximate surface area is 110 Å². The van der Waals surface area contributed by atoms with Crippen LogP contribution in [0.2, 0.25) is 0 Å². The Morgan fingerprint density at radius 3 is 2.63 bits per heavy atom. The van der Waals surface area contributed by atoms with Crippen molar-refractivity contribution in [3.63, 3.8) is 0 Å². The molecule has 2 aromatic rings. The van der Waals surface area contributed by atoms with E-state index in [9.17, 15) is 10.1 Å². The number of rotatable bonds is 4. The summed E-state index contributed by atoms with van der Waals surface area (Å²) in [6.07, 6.45) is 1.37. The molecule has 0 saturated heterocycles. The minimum Gasteiger partial charge on any atom is -0.399 e. The molecule has 1 unspecified atom stereocenters. The van der Waals surface area contributed by atoms with Crippen molar-refractivity contribution >= 4 is 17.2 Å². The normalized spacial score (nSPS) is 12.1. The number of hydrogen-bond acceptors (Lipinski definition) is 5. The van der Waals surface area contributed by atoms with Crippen LogP contribution >= 0.6 is 0 Å². The molecule has 2 rings (SSSR count). The van der Waals surface area contributed by atoms with Crippen molar-refractivity contribution in [2.24, 2.45) is 7.05 Å². The lowest BCUT2D eigenvalue weighted by atomic mass is 10.1. The van der Waals surface area contributed by atoms with Gasteiger partial charge in [-0.05, 0) is 24.6 Å². The molecule has 0 bridgehead atoms. The summed E-state index contributed by atoms with van der Waals surface area (Å²) < 4.78 is 1.41. The van der Waals surface area contributed by atoms with Crippen molar-refractivity contribution < 1.29 is 4.92 Å². The molecule has 7 heteroatoms. The Morgan fingerprint density at radius 1 is 1.42 bits per heavy atom. The van der Waals surface area contributed by atoms with Crippen molar-refractivity contribution in [3.05, 3.63) is 46.1 Å². The summed E-state index contributed by atoms with van der Waals surface area (Å²) in [4.78, 5) is 10.4. The van der Waals surface area contributed by atoms with Crippen LogP contribution in [-0.2, 0) is 7.05 Å². The summed E-state index contributed by atoms with van der Waals surface area (Å²) in [5.74, 6) is 0.261. The van der Waals surface area contributed by atoms with Crippen LogP contribution < -0.4 is 11.1 Å². The summed E-state index contributed by atoms with van der Waals surface area (Å²) in [7, 11) is 1.64. The lowest BCUT2D eigenvalue weighted by Crippen LogP contribution is -2.08. The molecule has 0 saturated carbocycles. The lowest BCUT2D eigenvalue weighted by Gasteiger charge is -2.13. The van der Waals surface area contributed by atoms with E-state index in [0.29, 0.717) is 5.69 Å². The van der Waals surface area contributed by atoms with Gasteiger partial charge in [-0.3, -0.25) is 14.8 Å². The maximum absolute atomic E-state index is 10.9. The Balaban J connectivity index is 2.21. The fraction of sp³-hybridized carbons (Fsp3) is 0.250. The Kier molecular flexibility index (Phi) is 3.37. The van der Waals surface area contributed by atoms with Crippen molar-refractivity contribution in [1.82, 2.24) is 9.78 Å². The predicted molar refractivity (Wildman–Crippen MR) is 72.8 cm³/mol. The van der Waals surface area contributed by atoms with Crippen LogP contribution in [0, 0.1) is 10.1 Å².